The largest absolute Gasteiger partial charge is 0.196 e. The van der Waals surface area contributed by atoms with Gasteiger partial charge in [0, 0.05) is 11.7 Å². The van der Waals surface area contributed by atoms with Gasteiger partial charge in [0.25, 0.3) is 0 Å². The number of thioether (sulfide) groups is 1. The van der Waals surface area contributed by atoms with Crippen LogP contribution >= 0.6 is 11.8 Å². The van der Waals surface area contributed by atoms with Gasteiger partial charge in [-0.3, -0.25) is 0 Å². The van der Waals surface area contributed by atoms with Gasteiger partial charge in [0.2, 0.25) is 0 Å². The van der Waals surface area contributed by atoms with E-state index in [0.717, 1.165) is 28.2 Å². The normalized spacial score (nSPS) is 14.8. The molecule has 20 heavy (non-hydrogen) atoms. The first-order valence-electron chi connectivity index (χ1n) is 6.80. The second kappa shape index (κ2) is 4.90. The van der Waals surface area contributed by atoms with Crippen LogP contribution in [0.4, 0.5) is 0 Å². The van der Waals surface area contributed by atoms with Crippen molar-refractivity contribution < 1.29 is 0 Å². The molecule has 1 saturated carbocycles. The summed E-state index contributed by atoms with van der Waals surface area (Å²) in [6, 6.07) is 14.3. The van der Waals surface area contributed by atoms with Crippen LogP contribution in [-0.2, 0) is 6.42 Å². The number of rotatable bonds is 4. The maximum absolute atomic E-state index is 4.67. The molecule has 3 aromatic rings. The standard InChI is InChI=1S/C15H14N4S/c1-2-4-11(5-3-1)10-14-17-16-13-8-9-15(18-19(13)14)20-12-6-7-12/h1-5,8-9,12H,6-7,10H2. The molecule has 0 N–H and O–H groups in total. The summed E-state index contributed by atoms with van der Waals surface area (Å²) < 4.78 is 1.87. The monoisotopic (exact) mass is 282 g/mol. The molecule has 4 nitrogen and oxygen atoms in total. The van der Waals surface area contributed by atoms with E-state index in [9.17, 15) is 0 Å². The molecule has 1 aliphatic carbocycles. The van der Waals surface area contributed by atoms with Gasteiger partial charge in [0.1, 0.15) is 5.03 Å². The Labute approximate surface area is 121 Å². The van der Waals surface area contributed by atoms with Gasteiger partial charge in [-0.1, -0.05) is 30.3 Å². The van der Waals surface area contributed by atoms with E-state index in [2.05, 4.69) is 27.4 Å². The zero-order chi connectivity index (χ0) is 13.4. The van der Waals surface area contributed by atoms with E-state index in [4.69, 9.17) is 0 Å². The second-order valence-corrected chi connectivity index (χ2v) is 6.36. The predicted octanol–water partition coefficient (Wildman–Crippen LogP) is 2.97. The average Bonchev–Trinajstić information content (AvgIpc) is 3.21. The average molecular weight is 282 g/mol. The summed E-state index contributed by atoms with van der Waals surface area (Å²) in [5.41, 5.74) is 2.04. The van der Waals surface area contributed by atoms with Crippen molar-refractivity contribution in [3.63, 3.8) is 0 Å². The van der Waals surface area contributed by atoms with E-state index in [-0.39, 0.29) is 0 Å². The van der Waals surface area contributed by atoms with E-state index < -0.39 is 0 Å². The third kappa shape index (κ3) is 2.41. The van der Waals surface area contributed by atoms with Crippen LogP contribution in [0.15, 0.2) is 47.5 Å². The van der Waals surface area contributed by atoms with Crippen LogP contribution < -0.4 is 0 Å². The molecule has 4 rings (SSSR count). The van der Waals surface area contributed by atoms with Crippen LogP contribution in [0.25, 0.3) is 5.65 Å². The van der Waals surface area contributed by atoms with E-state index in [1.54, 1.807) is 0 Å². The number of hydrogen-bond donors (Lipinski definition) is 0. The first kappa shape index (κ1) is 11.9. The Balaban J connectivity index is 1.67. The predicted molar refractivity (Wildman–Crippen MR) is 78.9 cm³/mol. The summed E-state index contributed by atoms with van der Waals surface area (Å²) in [4.78, 5) is 0. The molecule has 1 aromatic carbocycles. The highest BCUT2D eigenvalue weighted by Gasteiger charge is 2.23. The third-order valence-corrected chi connectivity index (χ3v) is 4.58. The molecule has 2 aromatic heterocycles. The first-order valence-corrected chi connectivity index (χ1v) is 7.68. The summed E-state index contributed by atoms with van der Waals surface area (Å²) in [5, 5.41) is 14.9. The van der Waals surface area contributed by atoms with E-state index in [1.807, 2.05) is 46.6 Å². The molecule has 0 saturated heterocycles. The number of aromatic nitrogens is 4. The molecule has 2 heterocycles. The highest BCUT2D eigenvalue weighted by molar-refractivity contribution is 8.00. The second-order valence-electron chi connectivity index (χ2n) is 5.04. The van der Waals surface area contributed by atoms with Crippen molar-refractivity contribution in [3.05, 3.63) is 53.9 Å². The Morgan fingerprint density at radius 1 is 1.05 bits per heavy atom. The highest BCUT2D eigenvalue weighted by Crippen LogP contribution is 2.38. The number of benzene rings is 1. The van der Waals surface area contributed by atoms with E-state index in [0.29, 0.717) is 0 Å². The van der Waals surface area contributed by atoms with E-state index >= 15 is 0 Å². The van der Waals surface area contributed by atoms with Crippen molar-refractivity contribution in [2.45, 2.75) is 29.5 Å². The molecule has 0 radical (unpaired) electrons. The van der Waals surface area contributed by atoms with Crippen LogP contribution in [0.3, 0.4) is 0 Å². The molecule has 0 bridgehead atoms. The molecule has 0 amide bonds. The molecular formula is C15H14N4S. The number of nitrogens with zero attached hydrogens (tertiary/aromatic N) is 4. The molecule has 0 aliphatic heterocycles. The summed E-state index contributed by atoms with van der Waals surface area (Å²) in [6.45, 7) is 0. The van der Waals surface area contributed by atoms with Crippen LogP contribution in [0.2, 0.25) is 0 Å². The van der Waals surface area contributed by atoms with E-state index in [1.165, 1.54) is 18.4 Å². The number of fused-ring (bicyclic) bond motifs is 1. The molecular weight excluding hydrogens is 268 g/mol. The summed E-state index contributed by atoms with van der Waals surface area (Å²) in [7, 11) is 0. The van der Waals surface area contributed by atoms with Gasteiger partial charge in [-0.25, -0.2) is 0 Å². The van der Waals surface area contributed by atoms with Crippen LogP contribution in [-0.4, -0.2) is 25.1 Å². The Hall–Kier alpha value is -1.88. The van der Waals surface area contributed by atoms with Gasteiger partial charge in [0.05, 0.1) is 0 Å². The van der Waals surface area contributed by atoms with Crippen LogP contribution in [0, 0.1) is 0 Å². The molecule has 1 fully saturated rings. The Morgan fingerprint density at radius 3 is 2.70 bits per heavy atom. The highest BCUT2D eigenvalue weighted by atomic mass is 32.2. The van der Waals surface area contributed by atoms with Gasteiger partial charge in [-0.15, -0.1) is 22.0 Å². The fourth-order valence-corrected chi connectivity index (χ4v) is 3.11. The molecule has 0 unspecified atom stereocenters. The lowest BCUT2D eigenvalue weighted by Crippen LogP contribution is -2.01. The first-order chi connectivity index (χ1) is 9.88. The minimum atomic E-state index is 0.757. The van der Waals surface area contributed by atoms with Gasteiger partial charge in [-0.05, 0) is 30.5 Å². The molecule has 0 spiro atoms. The van der Waals surface area contributed by atoms with Gasteiger partial charge < -0.3 is 0 Å². The zero-order valence-electron chi connectivity index (χ0n) is 10.9. The van der Waals surface area contributed by atoms with Crippen molar-refractivity contribution >= 4 is 17.4 Å². The van der Waals surface area contributed by atoms with Crippen molar-refractivity contribution in [1.82, 2.24) is 19.8 Å². The van der Waals surface area contributed by atoms with Crippen LogP contribution in [0.5, 0.6) is 0 Å². The van der Waals surface area contributed by atoms with Crippen molar-refractivity contribution in [2.75, 3.05) is 0 Å². The Bertz CT molecular complexity index is 734. The minimum absolute atomic E-state index is 0.757. The maximum Gasteiger partial charge on any atom is 0.177 e. The Morgan fingerprint density at radius 2 is 1.90 bits per heavy atom. The molecule has 1 aliphatic rings. The maximum atomic E-state index is 4.67. The van der Waals surface area contributed by atoms with Gasteiger partial charge in [-0.2, -0.15) is 9.61 Å². The fraction of sp³-hybridized carbons (Fsp3) is 0.267. The van der Waals surface area contributed by atoms with Crippen molar-refractivity contribution in [2.24, 2.45) is 0 Å². The minimum Gasteiger partial charge on any atom is -0.196 e. The molecule has 0 atom stereocenters. The molecule has 5 heteroatoms. The van der Waals surface area contributed by atoms with Gasteiger partial charge >= 0.3 is 0 Å². The SMILES string of the molecule is c1ccc(Cc2nnc3ccc(SC4CC4)nn23)cc1. The number of hydrogen-bond acceptors (Lipinski definition) is 4. The topological polar surface area (TPSA) is 43.1 Å². The lowest BCUT2D eigenvalue weighted by molar-refractivity contribution is 0.794. The summed E-state index contributed by atoms with van der Waals surface area (Å²) in [5.74, 6) is 0.893. The third-order valence-electron chi connectivity index (χ3n) is 3.32. The van der Waals surface area contributed by atoms with Crippen molar-refractivity contribution in [3.8, 4) is 0 Å². The quantitative estimate of drug-likeness (QED) is 0.738. The summed E-state index contributed by atoms with van der Waals surface area (Å²) in [6.07, 6.45) is 3.37. The smallest absolute Gasteiger partial charge is 0.177 e. The summed E-state index contributed by atoms with van der Waals surface area (Å²) >= 11 is 1.86. The lowest BCUT2D eigenvalue weighted by atomic mass is 10.1. The van der Waals surface area contributed by atoms with Crippen LogP contribution in [0.1, 0.15) is 24.2 Å². The lowest BCUT2D eigenvalue weighted by Gasteiger charge is -2.02. The molecule has 100 valence electrons. The Kier molecular flexibility index (Phi) is 2.92. The van der Waals surface area contributed by atoms with Crippen molar-refractivity contribution in [1.29, 1.82) is 0 Å². The zero-order valence-corrected chi connectivity index (χ0v) is 11.8. The van der Waals surface area contributed by atoms with Gasteiger partial charge in [0.15, 0.2) is 11.5 Å². The fourth-order valence-electron chi connectivity index (χ4n) is 2.12.